The van der Waals surface area contributed by atoms with Crippen LogP contribution in [0.3, 0.4) is 0 Å². The molecule has 5 nitrogen and oxygen atoms in total. The lowest BCUT2D eigenvalue weighted by Crippen LogP contribution is -2.55. The molecule has 0 bridgehead atoms. The van der Waals surface area contributed by atoms with Gasteiger partial charge in [0.25, 0.3) is 0 Å². The van der Waals surface area contributed by atoms with E-state index in [0.717, 1.165) is 11.1 Å². The Balaban J connectivity index is 1.41. The van der Waals surface area contributed by atoms with Crippen LogP contribution in [0.5, 0.6) is 0 Å². The number of fused-ring (bicyclic) bond motifs is 1. The molecule has 3 aromatic carbocycles. The van der Waals surface area contributed by atoms with Crippen molar-refractivity contribution in [1.29, 1.82) is 0 Å². The van der Waals surface area contributed by atoms with Gasteiger partial charge in [0.15, 0.2) is 0 Å². The molecule has 1 aliphatic heterocycles. The van der Waals surface area contributed by atoms with Crippen LogP contribution in [-0.2, 0) is 14.9 Å². The van der Waals surface area contributed by atoms with Gasteiger partial charge in [0.05, 0.1) is 24.2 Å². The van der Waals surface area contributed by atoms with Gasteiger partial charge in [0.2, 0.25) is 5.91 Å². The van der Waals surface area contributed by atoms with Crippen molar-refractivity contribution in [3.05, 3.63) is 83.9 Å². The highest BCUT2D eigenvalue weighted by molar-refractivity contribution is 6.00. The maximum absolute atomic E-state index is 13.4. The summed E-state index contributed by atoms with van der Waals surface area (Å²) in [5.41, 5.74) is 2.67. The van der Waals surface area contributed by atoms with Gasteiger partial charge in [0.1, 0.15) is 22.9 Å². The van der Waals surface area contributed by atoms with Crippen LogP contribution < -0.4 is 5.32 Å². The highest BCUT2D eigenvalue weighted by atomic mass is 19.1. The van der Waals surface area contributed by atoms with E-state index in [1.807, 2.05) is 24.3 Å². The van der Waals surface area contributed by atoms with Gasteiger partial charge in [-0.25, -0.2) is 13.8 Å². The standard InChI is InChI=1S/C23H17F2N3O2/c24-16-5-8-18(9-6-16)26-22(29)23(12-30-13-23)15-3-1-14(2-4-15)21-27-19-10-7-17(25)11-20(19)28-21/h1-11H,12-13H2,(H,26,29)(H,27,28). The van der Waals surface area contributed by atoms with Gasteiger partial charge in [-0.05, 0) is 48.0 Å². The summed E-state index contributed by atoms with van der Waals surface area (Å²) >= 11 is 0. The zero-order valence-electron chi connectivity index (χ0n) is 15.8. The van der Waals surface area contributed by atoms with E-state index in [1.165, 1.54) is 36.4 Å². The number of carbonyl (C=O) groups is 1. The molecule has 1 amide bonds. The molecule has 7 heteroatoms. The lowest BCUT2D eigenvalue weighted by molar-refractivity contribution is -0.139. The van der Waals surface area contributed by atoms with Crippen LogP contribution in [-0.4, -0.2) is 29.1 Å². The number of halogens is 2. The molecule has 1 aliphatic rings. The quantitative estimate of drug-likeness (QED) is 0.528. The smallest absolute Gasteiger partial charge is 0.239 e. The van der Waals surface area contributed by atoms with E-state index in [0.29, 0.717) is 22.5 Å². The fourth-order valence-electron chi connectivity index (χ4n) is 3.58. The number of benzene rings is 3. The topological polar surface area (TPSA) is 67.0 Å². The van der Waals surface area contributed by atoms with E-state index < -0.39 is 5.41 Å². The molecule has 0 saturated carbocycles. The first kappa shape index (κ1) is 18.4. The number of amides is 1. The van der Waals surface area contributed by atoms with Gasteiger partial charge < -0.3 is 15.0 Å². The number of rotatable bonds is 4. The fourth-order valence-corrected chi connectivity index (χ4v) is 3.58. The number of aromatic amines is 1. The predicted molar refractivity (Wildman–Crippen MR) is 109 cm³/mol. The first-order chi connectivity index (χ1) is 14.5. The lowest BCUT2D eigenvalue weighted by atomic mass is 9.77. The molecular formula is C23H17F2N3O2. The van der Waals surface area contributed by atoms with E-state index in [-0.39, 0.29) is 30.8 Å². The van der Waals surface area contributed by atoms with Crippen molar-refractivity contribution < 1.29 is 18.3 Å². The van der Waals surface area contributed by atoms with Gasteiger partial charge in [-0.3, -0.25) is 4.79 Å². The molecule has 1 aromatic heterocycles. The summed E-state index contributed by atoms with van der Waals surface area (Å²) in [4.78, 5) is 20.6. The number of hydrogen-bond acceptors (Lipinski definition) is 3. The van der Waals surface area contributed by atoms with Gasteiger partial charge in [-0.1, -0.05) is 24.3 Å². The second kappa shape index (κ2) is 7.03. The number of anilines is 1. The summed E-state index contributed by atoms with van der Waals surface area (Å²) < 4.78 is 31.9. The predicted octanol–water partition coefficient (Wildman–Crippen LogP) is 4.41. The number of H-pyrrole nitrogens is 1. The molecular weight excluding hydrogens is 388 g/mol. The van der Waals surface area contributed by atoms with E-state index in [2.05, 4.69) is 15.3 Å². The number of hydrogen-bond donors (Lipinski definition) is 2. The van der Waals surface area contributed by atoms with Crippen LogP contribution in [0.4, 0.5) is 14.5 Å². The second-order valence-corrected chi connectivity index (χ2v) is 7.36. The van der Waals surface area contributed by atoms with Crippen molar-refractivity contribution in [2.75, 3.05) is 18.5 Å². The Bertz CT molecular complexity index is 1230. The van der Waals surface area contributed by atoms with Crippen molar-refractivity contribution in [1.82, 2.24) is 9.97 Å². The van der Waals surface area contributed by atoms with Gasteiger partial charge in [-0.2, -0.15) is 0 Å². The van der Waals surface area contributed by atoms with Crippen LogP contribution in [0.1, 0.15) is 5.56 Å². The number of carbonyl (C=O) groups excluding carboxylic acids is 1. The number of ether oxygens (including phenoxy) is 1. The first-order valence-electron chi connectivity index (χ1n) is 9.44. The van der Waals surface area contributed by atoms with Gasteiger partial charge in [-0.15, -0.1) is 0 Å². The molecule has 0 unspecified atom stereocenters. The Labute approximate surface area is 170 Å². The zero-order chi connectivity index (χ0) is 20.7. The maximum atomic E-state index is 13.4. The summed E-state index contributed by atoms with van der Waals surface area (Å²) in [5, 5.41) is 2.84. The minimum absolute atomic E-state index is 0.202. The summed E-state index contributed by atoms with van der Waals surface area (Å²) in [6.07, 6.45) is 0. The molecule has 0 spiro atoms. The van der Waals surface area contributed by atoms with Crippen molar-refractivity contribution >= 4 is 22.6 Å². The van der Waals surface area contributed by atoms with Crippen molar-refractivity contribution in [3.63, 3.8) is 0 Å². The SMILES string of the molecule is O=C(Nc1ccc(F)cc1)C1(c2ccc(-c3nc4ccc(F)cc4[nH]3)cc2)COC1. The third-order valence-electron chi connectivity index (χ3n) is 5.39. The Morgan fingerprint density at radius 2 is 1.67 bits per heavy atom. The Hall–Kier alpha value is -3.58. The molecule has 30 heavy (non-hydrogen) atoms. The normalized spacial score (nSPS) is 15.0. The van der Waals surface area contributed by atoms with E-state index in [9.17, 15) is 13.6 Å². The van der Waals surface area contributed by atoms with Crippen LogP contribution in [0, 0.1) is 11.6 Å². The van der Waals surface area contributed by atoms with Crippen molar-refractivity contribution in [3.8, 4) is 11.4 Å². The van der Waals surface area contributed by atoms with E-state index in [1.54, 1.807) is 6.07 Å². The summed E-state index contributed by atoms with van der Waals surface area (Å²) in [6, 6.07) is 17.5. The highest BCUT2D eigenvalue weighted by Gasteiger charge is 2.47. The molecule has 1 saturated heterocycles. The zero-order valence-corrected chi connectivity index (χ0v) is 15.8. The number of nitrogens with one attached hydrogen (secondary N) is 2. The second-order valence-electron chi connectivity index (χ2n) is 7.36. The third-order valence-corrected chi connectivity index (χ3v) is 5.39. The number of imidazole rings is 1. The minimum Gasteiger partial charge on any atom is -0.378 e. The van der Waals surface area contributed by atoms with Crippen molar-refractivity contribution in [2.45, 2.75) is 5.41 Å². The largest absolute Gasteiger partial charge is 0.378 e. The summed E-state index contributed by atoms with van der Waals surface area (Å²) in [6.45, 7) is 0.534. The number of aromatic nitrogens is 2. The van der Waals surface area contributed by atoms with Crippen LogP contribution in [0.2, 0.25) is 0 Å². The highest BCUT2D eigenvalue weighted by Crippen LogP contribution is 2.35. The monoisotopic (exact) mass is 405 g/mol. The van der Waals surface area contributed by atoms with Crippen LogP contribution in [0.15, 0.2) is 66.7 Å². The van der Waals surface area contributed by atoms with E-state index in [4.69, 9.17) is 4.74 Å². The summed E-state index contributed by atoms with van der Waals surface area (Å²) in [5.74, 6) is -0.269. The fraction of sp³-hybridized carbons (Fsp3) is 0.130. The lowest BCUT2D eigenvalue weighted by Gasteiger charge is -2.40. The molecule has 0 aliphatic carbocycles. The first-order valence-corrected chi connectivity index (χ1v) is 9.44. The van der Waals surface area contributed by atoms with Crippen LogP contribution in [0.25, 0.3) is 22.4 Å². The molecule has 0 radical (unpaired) electrons. The van der Waals surface area contributed by atoms with E-state index >= 15 is 0 Å². The Kier molecular flexibility index (Phi) is 4.33. The molecule has 5 rings (SSSR count). The average molecular weight is 405 g/mol. The molecule has 1 fully saturated rings. The minimum atomic E-state index is -0.802. The molecule has 0 atom stereocenters. The molecule has 150 valence electrons. The Morgan fingerprint density at radius 1 is 0.967 bits per heavy atom. The van der Waals surface area contributed by atoms with Gasteiger partial charge >= 0.3 is 0 Å². The summed E-state index contributed by atoms with van der Waals surface area (Å²) in [7, 11) is 0. The number of nitrogens with zero attached hydrogens (tertiary/aromatic N) is 1. The molecule has 2 heterocycles. The third kappa shape index (κ3) is 3.13. The molecule has 4 aromatic rings. The van der Waals surface area contributed by atoms with Crippen LogP contribution >= 0.6 is 0 Å². The van der Waals surface area contributed by atoms with Crippen molar-refractivity contribution in [2.24, 2.45) is 0 Å². The maximum Gasteiger partial charge on any atom is 0.239 e. The molecule has 2 N–H and O–H groups in total. The Morgan fingerprint density at radius 3 is 2.33 bits per heavy atom. The van der Waals surface area contributed by atoms with Gasteiger partial charge in [0, 0.05) is 11.3 Å². The average Bonchev–Trinajstić information content (AvgIpc) is 3.12.